The molecule has 0 aliphatic heterocycles. The van der Waals surface area contributed by atoms with Gasteiger partial charge in [-0.05, 0) is 18.4 Å². The van der Waals surface area contributed by atoms with E-state index < -0.39 is 0 Å². The second-order valence-electron chi connectivity index (χ2n) is 4.86. The van der Waals surface area contributed by atoms with Gasteiger partial charge >= 0.3 is 0 Å². The highest BCUT2D eigenvalue weighted by Gasteiger charge is 2.08. The van der Waals surface area contributed by atoms with Crippen LogP contribution in [0.4, 0.5) is 0 Å². The number of Topliss-reactive ketones (excluding diaryl/α,β-unsaturated/α-hetero) is 1. The smallest absolute Gasteiger partial charge is 0.220 e. The first kappa shape index (κ1) is 19.6. The average Bonchev–Trinajstić information content (AvgIpc) is 2.49. The Morgan fingerprint density at radius 1 is 1.14 bits per heavy atom. The molecule has 0 aliphatic rings. The van der Waals surface area contributed by atoms with Gasteiger partial charge in [-0.2, -0.15) is 0 Å². The van der Waals surface area contributed by atoms with Crippen LogP contribution in [0, 0.1) is 0 Å². The molecule has 5 heteroatoms. The number of aryl methyl sites for hydroxylation is 1. The largest absolute Gasteiger partial charge is 0.355 e. The maximum Gasteiger partial charge on any atom is 0.220 e. The van der Waals surface area contributed by atoms with E-state index in [1.165, 1.54) is 12.0 Å². The lowest BCUT2D eigenvalue weighted by molar-refractivity contribution is -0.121. The predicted molar refractivity (Wildman–Crippen MR) is 87.9 cm³/mol. The second kappa shape index (κ2) is 11.3. The maximum absolute atomic E-state index is 11.9. The Morgan fingerprint density at radius 2 is 1.81 bits per heavy atom. The van der Waals surface area contributed by atoms with Gasteiger partial charge in [-0.25, -0.2) is 0 Å². The van der Waals surface area contributed by atoms with Crippen LogP contribution in [0.25, 0.3) is 0 Å². The van der Waals surface area contributed by atoms with Crippen molar-refractivity contribution < 1.29 is 9.59 Å². The number of carbonyl (C=O) groups excluding carboxylic acids is 2. The summed E-state index contributed by atoms with van der Waals surface area (Å²) in [5.74, 6) is -0.113. The molecule has 0 saturated carbocycles. The van der Waals surface area contributed by atoms with Gasteiger partial charge in [0.25, 0.3) is 0 Å². The molecule has 0 heterocycles. The molecule has 3 N–H and O–H groups in total. The number of halogens is 1. The molecule has 0 atom stereocenters. The highest BCUT2D eigenvalue weighted by atomic mass is 35.5. The van der Waals surface area contributed by atoms with E-state index >= 15 is 0 Å². The van der Waals surface area contributed by atoms with Gasteiger partial charge in [0.15, 0.2) is 5.78 Å². The van der Waals surface area contributed by atoms with Gasteiger partial charge in [-0.1, -0.05) is 37.6 Å². The monoisotopic (exact) mass is 312 g/mol. The van der Waals surface area contributed by atoms with Gasteiger partial charge in [0, 0.05) is 31.5 Å². The van der Waals surface area contributed by atoms with Crippen molar-refractivity contribution in [3.8, 4) is 0 Å². The zero-order valence-electron chi connectivity index (χ0n) is 12.6. The number of benzene rings is 1. The lowest BCUT2D eigenvalue weighted by Gasteiger charge is -2.04. The Hall–Kier alpha value is -1.39. The van der Waals surface area contributed by atoms with Crippen LogP contribution in [-0.2, 0) is 11.2 Å². The van der Waals surface area contributed by atoms with E-state index in [0.29, 0.717) is 18.7 Å². The number of carbonyl (C=O) groups is 2. The number of hydrogen-bond donors (Lipinski definition) is 2. The van der Waals surface area contributed by atoms with Crippen LogP contribution in [0.5, 0.6) is 0 Å². The molecule has 0 spiro atoms. The molecular formula is C16H25ClN2O2. The predicted octanol–water partition coefficient (Wildman–Crippen LogP) is 2.49. The van der Waals surface area contributed by atoms with Crippen molar-refractivity contribution in [2.75, 3.05) is 13.1 Å². The van der Waals surface area contributed by atoms with Gasteiger partial charge < -0.3 is 11.1 Å². The van der Waals surface area contributed by atoms with Crippen molar-refractivity contribution in [3.05, 3.63) is 35.4 Å². The van der Waals surface area contributed by atoms with Crippen LogP contribution in [0.15, 0.2) is 24.3 Å². The second-order valence-corrected chi connectivity index (χ2v) is 4.86. The summed E-state index contributed by atoms with van der Waals surface area (Å²) in [6.45, 7) is 3.03. The van der Waals surface area contributed by atoms with Crippen LogP contribution >= 0.6 is 12.4 Å². The summed E-state index contributed by atoms with van der Waals surface area (Å²) in [4.78, 5) is 23.3. The normalized spacial score (nSPS) is 9.81. The van der Waals surface area contributed by atoms with Gasteiger partial charge in [0.05, 0.1) is 0 Å². The minimum absolute atomic E-state index is 0. The fourth-order valence-electron chi connectivity index (χ4n) is 1.91. The number of amides is 1. The number of ketones is 1. The van der Waals surface area contributed by atoms with Gasteiger partial charge in [-0.15, -0.1) is 12.4 Å². The van der Waals surface area contributed by atoms with Crippen molar-refractivity contribution in [1.29, 1.82) is 0 Å². The zero-order chi connectivity index (χ0) is 14.8. The van der Waals surface area contributed by atoms with Crippen LogP contribution in [0.1, 0.15) is 48.5 Å². The lowest BCUT2D eigenvalue weighted by Crippen LogP contribution is -2.29. The zero-order valence-corrected chi connectivity index (χ0v) is 13.4. The maximum atomic E-state index is 11.9. The Morgan fingerprint density at radius 3 is 2.38 bits per heavy atom. The Balaban J connectivity index is 0.00000400. The van der Waals surface area contributed by atoms with Crippen molar-refractivity contribution >= 4 is 24.1 Å². The van der Waals surface area contributed by atoms with Gasteiger partial charge in [-0.3, -0.25) is 9.59 Å². The number of nitrogens with two attached hydrogens (primary N) is 1. The molecule has 0 radical (unpaired) electrons. The van der Waals surface area contributed by atoms with Gasteiger partial charge in [0.1, 0.15) is 0 Å². The first-order valence-electron chi connectivity index (χ1n) is 7.26. The van der Waals surface area contributed by atoms with Crippen LogP contribution < -0.4 is 11.1 Å². The summed E-state index contributed by atoms with van der Waals surface area (Å²) in [5.41, 5.74) is 7.22. The average molecular weight is 313 g/mol. The third-order valence-electron chi connectivity index (χ3n) is 3.14. The summed E-state index contributed by atoms with van der Waals surface area (Å²) in [5, 5.41) is 2.66. The van der Waals surface area contributed by atoms with E-state index in [0.717, 1.165) is 12.8 Å². The molecule has 118 valence electrons. The summed E-state index contributed by atoms with van der Waals surface area (Å²) >= 11 is 0. The number of unbranched alkanes of at least 4 members (excludes halogenated alkanes) is 1. The molecule has 0 unspecified atom stereocenters. The topological polar surface area (TPSA) is 72.2 Å². The van der Waals surface area contributed by atoms with E-state index in [2.05, 4.69) is 12.2 Å². The Labute approximate surface area is 132 Å². The van der Waals surface area contributed by atoms with Crippen LogP contribution in [0.2, 0.25) is 0 Å². The molecule has 1 rings (SSSR count). The van der Waals surface area contributed by atoms with Gasteiger partial charge in [0.2, 0.25) is 5.91 Å². The summed E-state index contributed by atoms with van der Waals surface area (Å²) < 4.78 is 0. The third-order valence-corrected chi connectivity index (χ3v) is 3.14. The summed E-state index contributed by atoms with van der Waals surface area (Å²) in [6.07, 6.45) is 3.83. The molecule has 0 saturated heterocycles. The highest BCUT2D eigenvalue weighted by molar-refractivity contribution is 5.97. The first-order valence-corrected chi connectivity index (χ1v) is 7.26. The highest BCUT2D eigenvalue weighted by Crippen LogP contribution is 2.10. The molecule has 0 bridgehead atoms. The van der Waals surface area contributed by atoms with E-state index in [4.69, 9.17) is 5.73 Å². The standard InChI is InChI=1S/C16H24N2O2.ClH/c1-2-3-4-13-5-7-14(8-6-13)15(19)9-10-16(20)18-12-11-17;/h5-8H,2-4,9-12,17H2,1H3,(H,18,20);1H. The Bertz CT molecular complexity index is 432. The Kier molecular flexibility index (Phi) is 10.5. The minimum Gasteiger partial charge on any atom is -0.355 e. The fraction of sp³-hybridized carbons (Fsp3) is 0.500. The molecule has 0 aromatic heterocycles. The quantitative estimate of drug-likeness (QED) is 0.688. The molecular weight excluding hydrogens is 288 g/mol. The molecule has 21 heavy (non-hydrogen) atoms. The molecule has 1 aromatic rings. The SMILES string of the molecule is CCCCc1ccc(C(=O)CCC(=O)NCCN)cc1.Cl. The lowest BCUT2D eigenvalue weighted by atomic mass is 10.0. The molecule has 1 amide bonds. The van der Waals surface area contributed by atoms with Crippen molar-refractivity contribution in [2.24, 2.45) is 5.73 Å². The third kappa shape index (κ3) is 7.83. The number of hydrogen-bond acceptors (Lipinski definition) is 3. The number of rotatable bonds is 9. The number of nitrogens with one attached hydrogen (secondary N) is 1. The molecule has 0 aliphatic carbocycles. The van der Waals surface area contributed by atoms with E-state index in [9.17, 15) is 9.59 Å². The fourth-order valence-corrected chi connectivity index (χ4v) is 1.91. The summed E-state index contributed by atoms with van der Waals surface area (Å²) in [7, 11) is 0. The van der Waals surface area contributed by atoms with Crippen LogP contribution in [0.3, 0.4) is 0 Å². The van der Waals surface area contributed by atoms with Crippen molar-refractivity contribution in [3.63, 3.8) is 0 Å². The van der Waals surface area contributed by atoms with E-state index in [1.54, 1.807) is 0 Å². The van der Waals surface area contributed by atoms with Crippen molar-refractivity contribution in [1.82, 2.24) is 5.32 Å². The van der Waals surface area contributed by atoms with Crippen LogP contribution in [-0.4, -0.2) is 24.8 Å². The van der Waals surface area contributed by atoms with Crippen molar-refractivity contribution in [2.45, 2.75) is 39.0 Å². The molecule has 0 fully saturated rings. The summed E-state index contributed by atoms with van der Waals surface area (Å²) in [6, 6.07) is 7.70. The molecule has 4 nitrogen and oxygen atoms in total. The first-order chi connectivity index (χ1) is 9.67. The van der Waals surface area contributed by atoms with E-state index in [1.807, 2.05) is 24.3 Å². The minimum atomic E-state index is -0.122. The van der Waals surface area contributed by atoms with E-state index in [-0.39, 0.29) is 36.9 Å². The molecule has 1 aromatic carbocycles.